The largest absolute Gasteiger partial charge is 0.488 e. The van der Waals surface area contributed by atoms with Crippen LogP contribution in [0.4, 0.5) is 18.9 Å². The first-order valence-electron chi connectivity index (χ1n) is 6.96. The quantitative estimate of drug-likeness (QED) is 0.654. The molecular formula is C17H11F3N4O. The smallest absolute Gasteiger partial charge is 0.420 e. The molecule has 126 valence electrons. The molecule has 8 heteroatoms. The molecule has 0 aliphatic heterocycles. The standard InChI is InChI=1S/C17H11F3N4O/c18-17(19,20)15-8-13(23-24-14(9-21)10-22)6-7-16(15)25-11-12-4-2-1-3-5-12/h1-8,23H,11H2. The van der Waals surface area contributed by atoms with Crippen molar-refractivity contribution in [1.29, 1.82) is 10.5 Å². The van der Waals surface area contributed by atoms with Crippen molar-refractivity contribution < 1.29 is 17.9 Å². The number of benzene rings is 2. The fourth-order valence-electron chi connectivity index (χ4n) is 1.88. The number of halogens is 3. The molecule has 0 aromatic heterocycles. The average Bonchev–Trinajstić information content (AvgIpc) is 2.61. The third-order valence-corrected chi connectivity index (χ3v) is 3.03. The third-order valence-electron chi connectivity index (χ3n) is 3.03. The summed E-state index contributed by atoms with van der Waals surface area (Å²) >= 11 is 0. The van der Waals surface area contributed by atoms with Gasteiger partial charge < -0.3 is 4.74 Å². The Morgan fingerprint density at radius 2 is 1.76 bits per heavy atom. The van der Waals surface area contributed by atoms with Gasteiger partial charge in [0.2, 0.25) is 5.71 Å². The molecule has 0 unspecified atom stereocenters. The lowest BCUT2D eigenvalue weighted by molar-refractivity contribution is -0.139. The predicted molar refractivity (Wildman–Crippen MR) is 84.5 cm³/mol. The Morgan fingerprint density at radius 3 is 2.36 bits per heavy atom. The van der Waals surface area contributed by atoms with E-state index in [1.807, 2.05) is 0 Å². The Labute approximate surface area is 141 Å². The van der Waals surface area contributed by atoms with E-state index >= 15 is 0 Å². The zero-order chi connectivity index (χ0) is 18.3. The number of hydrogen-bond donors (Lipinski definition) is 1. The topological polar surface area (TPSA) is 81.2 Å². The van der Waals surface area contributed by atoms with Gasteiger partial charge in [0.05, 0.1) is 11.3 Å². The summed E-state index contributed by atoms with van der Waals surface area (Å²) in [6.45, 7) is -0.0120. The van der Waals surface area contributed by atoms with Crippen LogP contribution in [0.15, 0.2) is 53.6 Å². The average molecular weight is 344 g/mol. The molecular weight excluding hydrogens is 333 g/mol. The Morgan fingerprint density at radius 1 is 1.08 bits per heavy atom. The summed E-state index contributed by atoms with van der Waals surface area (Å²) in [5.41, 5.74) is 1.46. The minimum Gasteiger partial charge on any atom is -0.488 e. The van der Waals surface area contributed by atoms with Crippen LogP contribution in [0.25, 0.3) is 0 Å². The van der Waals surface area contributed by atoms with Gasteiger partial charge in [-0.2, -0.15) is 28.8 Å². The van der Waals surface area contributed by atoms with Gasteiger partial charge in [0, 0.05) is 0 Å². The molecule has 0 atom stereocenters. The van der Waals surface area contributed by atoms with Gasteiger partial charge in [-0.1, -0.05) is 30.3 Å². The maximum Gasteiger partial charge on any atom is 0.420 e. The number of ether oxygens (including phenoxy) is 1. The number of hydrogen-bond acceptors (Lipinski definition) is 5. The summed E-state index contributed by atoms with van der Waals surface area (Å²) in [5, 5.41) is 20.5. The van der Waals surface area contributed by atoms with E-state index in [2.05, 4.69) is 10.5 Å². The van der Waals surface area contributed by atoms with Crippen LogP contribution in [0.5, 0.6) is 5.75 Å². The molecule has 0 saturated heterocycles. The second kappa shape index (κ2) is 7.84. The minimum atomic E-state index is -4.64. The third kappa shape index (κ3) is 4.98. The van der Waals surface area contributed by atoms with Crippen molar-refractivity contribution in [2.45, 2.75) is 12.8 Å². The number of nitrogens with zero attached hydrogens (tertiary/aromatic N) is 3. The van der Waals surface area contributed by atoms with Crippen LogP contribution in [-0.4, -0.2) is 5.71 Å². The second-order valence-electron chi connectivity index (χ2n) is 4.78. The van der Waals surface area contributed by atoms with Gasteiger partial charge in [-0.05, 0) is 23.8 Å². The van der Waals surface area contributed by atoms with E-state index in [0.29, 0.717) is 0 Å². The highest BCUT2D eigenvalue weighted by atomic mass is 19.4. The molecule has 1 N–H and O–H groups in total. The zero-order valence-electron chi connectivity index (χ0n) is 12.7. The van der Waals surface area contributed by atoms with Crippen LogP contribution in [0.1, 0.15) is 11.1 Å². The maximum atomic E-state index is 13.2. The van der Waals surface area contributed by atoms with Crippen LogP contribution in [0, 0.1) is 22.7 Å². The molecule has 0 saturated carbocycles. The highest BCUT2D eigenvalue weighted by molar-refractivity contribution is 6.10. The minimum absolute atomic E-state index is 0.0120. The Bertz CT molecular complexity index is 833. The SMILES string of the molecule is N#CC(C#N)=NNc1ccc(OCc2ccccc2)c(C(F)(F)F)c1. The molecule has 0 aliphatic rings. The van der Waals surface area contributed by atoms with Gasteiger partial charge in [-0.3, -0.25) is 5.43 Å². The monoisotopic (exact) mass is 344 g/mol. The van der Waals surface area contributed by atoms with E-state index in [4.69, 9.17) is 15.3 Å². The van der Waals surface area contributed by atoms with E-state index in [-0.39, 0.29) is 18.0 Å². The number of alkyl halides is 3. The fraction of sp³-hybridized carbons (Fsp3) is 0.118. The Hall–Kier alpha value is -3.52. The molecule has 2 rings (SSSR count). The van der Waals surface area contributed by atoms with Crippen LogP contribution in [-0.2, 0) is 12.8 Å². The molecule has 0 spiro atoms. The number of rotatable bonds is 5. The fourth-order valence-corrected chi connectivity index (χ4v) is 1.88. The second-order valence-corrected chi connectivity index (χ2v) is 4.78. The van der Waals surface area contributed by atoms with E-state index in [9.17, 15) is 13.2 Å². The van der Waals surface area contributed by atoms with Crippen LogP contribution < -0.4 is 10.2 Å². The molecule has 2 aromatic rings. The van der Waals surface area contributed by atoms with Crippen LogP contribution in [0.2, 0.25) is 0 Å². The summed E-state index contributed by atoms with van der Waals surface area (Å²) in [4.78, 5) is 0. The molecule has 0 heterocycles. The summed E-state index contributed by atoms with van der Waals surface area (Å²) in [5.74, 6) is -0.327. The molecule has 0 amide bonds. The van der Waals surface area contributed by atoms with Gasteiger partial charge in [-0.15, -0.1) is 0 Å². The zero-order valence-corrected chi connectivity index (χ0v) is 12.7. The van der Waals surface area contributed by atoms with E-state index in [1.54, 1.807) is 30.3 Å². The summed E-state index contributed by atoms with van der Waals surface area (Å²) in [6, 6.07) is 15.1. The first kappa shape index (κ1) is 17.8. The number of anilines is 1. The molecule has 25 heavy (non-hydrogen) atoms. The van der Waals surface area contributed by atoms with Crippen molar-refractivity contribution in [3.05, 3.63) is 59.7 Å². The molecule has 5 nitrogen and oxygen atoms in total. The van der Waals surface area contributed by atoms with Gasteiger partial charge in [0.1, 0.15) is 24.5 Å². The first-order chi connectivity index (χ1) is 11.9. The molecule has 0 aliphatic carbocycles. The lowest BCUT2D eigenvalue weighted by Gasteiger charge is -2.15. The normalized spacial score (nSPS) is 10.3. The Kier molecular flexibility index (Phi) is 5.59. The highest BCUT2D eigenvalue weighted by Gasteiger charge is 2.34. The molecule has 2 aromatic carbocycles. The summed E-state index contributed by atoms with van der Waals surface area (Å²) < 4.78 is 45.0. The summed E-state index contributed by atoms with van der Waals surface area (Å²) in [6.07, 6.45) is -4.64. The summed E-state index contributed by atoms with van der Waals surface area (Å²) in [7, 11) is 0. The van der Waals surface area contributed by atoms with E-state index in [1.165, 1.54) is 18.2 Å². The lowest BCUT2D eigenvalue weighted by Crippen LogP contribution is -2.09. The number of nitrogens with one attached hydrogen (secondary N) is 1. The Balaban J connectivity index is 2.24. The van der Waals surface area contributed by atoms with Gasteiger partial charge in [0.25, 0.3) is 0 Å². The number of nitriles is 2. The van der Waals surface area contributed by atoms with Crippen molar-refractivity contribution in [2.24, 2.45) is 5.10 Å². The van der Waals surface area contributed by atoms with Gasteiger partial charge in [-0.25, -0.2) is 0 Å². The van der Waals surface area contributed by atoms with Crippen molar-refractivity contribution in [3.8, 4) is 17.9 Å². The predicted octanol–water partition coefficient (Wildman–Crippen LogP) is 4.10. The van der Waals surface area contributed by atoms with Crippen LogP contribution in [0.3, 0.4) is 0 Å². The van der Waals surface area contributed by atoms with Gasteiger partial charge in [0.15, 0.2) is 0 Å². The van der Waals surface area contributed by atoms with Crippen molar-refractivity contribution >= 4 is 11.4 Å². The van der Waals surface area contributed by atoms with E-state index in [0.717, 1.165) is 17.7 Å². The maximum absolute atomic E-state index is 13.2. The lowest BCUT2D eigenvalue weighted by atomic mass is 10.1. The van der Waals surface area contributed by atoms with Crippen molar-refractivity contribution in [3.63, 3.8) is 0 Å². The first-order valence-corrected chi connectivity index (χ1v) is 6.96. The van der Waals surface area contributed by atoms with Gasteiger partial charge >= 0.3 is 6.18 Å². The molecule has 0 fully saturated rings. The van der Waals surface area contributed by atoms with Crippen LogP contribution >= 0.6 is 0 Å². The van der Waals surface area contributed by atoms with Crippen molar-refractivity contribution in [1.82, 2.24) is 0 Å². The number of hydrazone groups is 1. The highest BCUT2D eigenvalue weighted by Crippen LogP contribution is 2.38. The van der Waals surface area contributed by atoms with E-state index < -0.39 is 17.5 Å². The molecule has 0 bridgehead atoms. The molecule has 0 radical (unpaired) electrons. The van der Waals surface area contributed by atoms with Crippen molar-refractivity contribution in [2.75, 3.05) is 5.43 Å².